The molecule has 1 heterocycles. The first-order valence-corrected chi connectivity index (χ1v) is 6.47. The highest BCUT2D eigenvalue weighted by atomic mass is 16.1. The van der Waals surface area contributed by atoms with E-state index in [1.807, 2.05) is 54.6 Å². The van der Waals surface area contributed by atoms with Crippen molar-refractivity contribution in [1.82, 2.24) is 4.98 Å². The fraction of sp³-hybridized carbons (Fsp3) is 0.0588. The molecule has 0 aliphatic heterocycles. The Balaban J connectivity index is 2.07. The number of para-hydroxylation sites is 1. The largest absolute Gasteiger partial charge is 0.326 e. The highest BCUT2D eigenvalue weighted by Gasteiger charge is 2.12. The van der Waals surface area contributed by atoms with Gasteiger partial charge in [-0.3, -0.25) is 9.78 Å². The van der Waals surface area contributed by atoms with Gasteiger partial charge in [-0.25, -0.2) is 0 Å². The van der Waals surface area contributed by atoms with Crippen LogP contribution < -0.4 is 5.73 Å². The molecule has 0 radical (unpaired) electrons. The van der Waals surface area contributed by atoms with Gasteiger partial charge in [0, 0.05) is 29.3 Å². The maximum Gasteiger partial charge on any atom is 0.195 e. The lowest BCUT2D eigenvalue weighted by atomic mass is 9.99. The van der Waals surface area contributed by atoms with Crippen LogP contribution in [0.2, 0.25) is 0 Å². The van der Waals surface area contributed by atoms with Crippen LogP contribution in [0.5, 0.6) is 0 Å². The second-order valence-corrected chi connectivity index (χ2v) is 4.61. The van der Waals surface area contributed by atoms with E-state index in [0.717, 1.165) is 16.5 Å². The van der Waals surface area contributed by atoms with Crippen LogP contribution in [0.3, 0.4) is 0 Å². The summed E-state index contributed by atoms with van der Waals surface area (Å²) in [4.78, 5) is 16.9. The number of fused-ring (bicyclic) bond motifs is 1. The minimum Gasteiger partial charge on any atom is -0.326 e. The minimum atomic E-state index is -0.0159. The molecule has 3 nitrogen and oxygen atoms in total. The third-order valence-corrected chi connectivity index (χ3v) is 3.33. The van der Waals surface area contributed by atoms with Gasteiger partial charge in [0.2, 0.25) is 0 Å². The van der Waals surface area contributed by atoms with Crippen LogP contribution in [0.25, 0.3) is 10.9 Å². The summed E-state index contributed by atoms with van der Waals surface area (Å²) in [5.74, 6) is -0.0159. The zero-order valence-electron chi connectivity index (χ0n) is 10.9. The van der Waals surface area contributed by atoms with Crippen LogP contribution >= 0.6 is 0 Å². The molecular formula is C17H14N2O. The standard InChI is InChI=1S/C17H14N2O/c18-11-12-6-8-14(9-7-12)17(20)15-5-1-3-13-4-2-10-19-16(13)15/h1-10H,11,18H2. The summed E-state index contributed by atoms with van der Waals surface area (Å²) in [7, 11) is 0. The van der Waals surface area contributed by atoms with Crippen molar-refractivity contribution in [3.8, 4) is 0 Å². The van der Waals surface area contributed by atoms with Crippen LogP contribution in [-0.4, -0.2) is 10.8 Å². The van der Waals surface area contributed by atoms with E-state index in [1.54, 1.807) is 6.20 Å². The van der Waals surface area contributed by atoms with Crippen molar-refractivity contribution in [3.63, 3.8) is 0 Å². The summed E-state index contributed by atoms with van der Waals surface area (Å²) >= 11 is 0. The third-order valence-electron chi connectivity index (χ3n) is 3.33. The Labute approximate surface area is 117 Å². The molecule has 1 aromatic heterocycles. The number of pyridine rings is 1. The van der Waals surface area contributed by atoms with Gasteiger partial charge in [-0.15, -0.1) is 0 Å². The Morgan fingerprint density at radius 2 is 1.75 bits per heavy atom. The van der Waals surface area contributed by atoms with Crippen molar-refractivity contribution in [1.29, 1.82) is 0 Å². The summed E-state index contributed by atoms with van der Waals surface area (Å²) in [6.07, 6.45) is 1.70. The Bertz CT molecular complexity index is 758. The summed E-state index contributed by atoms with van der Waals surface area (Å²) in [5.41, 5.74) is 8.60. The highest BCUT2D eigenvalue weighted by Crippen LogP contribution is 2.19. The van der Waals surface area contributed by atoms with Crippen molar-refractivity contribution < 1.29 is 4.79 Å². The van der Waals surface area contributed by atoms with Gasteiger partial charge in [0.1, 0.15) is 0 Å². The molecule has 0 saturated heterocycles. The summed E-state index contributed by atoms with van der Waals surface area (Å²) < 4.78 is 0. The maximum atomic E-state index is 12.6. The van der Waals surface area contributed by atoms with Gasteiger partial charge in [0.05, 0.1) is 5.52 Å². The van der Waals surface area contributed by atoms with Crippen molar-refractivity contribution in [2.45, 2.75) is 6.54 Å². The molecule has 0 atom stereocenters. The molecule has 0 fully saturated rings. The molecule has 0 aliphatic rings. The highest BCUT2D eigenvalue weighted by molar-refractivity contribution is 6.15. The molecule has 2 aromatic carbocycles. The maximum absolute atomic E-state index is 12.6. The molecule has 0 unspecified atom stereocenters. The van der Waals surface area contributed by atoms with Gasteiger partial charge < -0.3 is 5.73 Å². The number of nitrogens with two attached hydrogens (primary N) is 1. The van der Waals surface area contributed by atoms with Crippen LogP contribution in [0.1, 0.15) is 21.5 Å². The van der Waals surface area contributed by atoms with E-state index in [9.17, 15) is 4.79 Å². The van der Waals surface area contributed by atoms with Gasteiger partial charge in [-0.2, -0.15) is 0 Å². The Morgan fingerprint density at radius 3 is 2.50 bits per heavy atom. The number of hydrogen-bond donors (Lipinski definition) is 1. The molecule has 3 heteroatoms. The molecule has 3 aromatic rings. The fourth-order valence-electron chi connectivity index (χ4n) is 2.24. The van der Waals surface area contributed by atoms with Gasteiger partial charge in [0.15, 0.2) is 5.78 Å². The van der Waals surface area contributed by atoms with Crippen molar-refractivity contribution >= 4 is 16.7 Å². The monoisotopic (exact) mass is 262 g/mol. The van der Waals surface area contributed by atoms with Crippen molar-refractivity contribution in [2.24, 2.45) is 5.73 Å². The van der Waals surface area contributed by atoms with Crippen LogP contribution in [0, 0.1) is 0 Å². The number of ketones is 1. The van der Waals surface area contributed by atoms with E-state index in [0.29, 0.717) is 17.7 Å². The molecular weight excluding hydrogens is 248 g/mol. The molecule has 0 bridgehead atoms. The zero-order chi connectivity index (χ0) is 13.9. The number of carbonyl (C=O) groups excluding carboxylic acids is 1. The molecule has 0 spiro atoms. The number of aromatic nitrogens is 1. The quantitative estimate of drug-likeness (QED) is 0.738. The first-order chi connectivity index (χ1) is 9.79. The van der Waals surface area contributed by atoms with E-state index < -0.39 is 0 Å². The minimum absolute atomic E-state index is 0.0159. The smallest absolute Gasteiger partial charge is 0.195 e. The van der Waals surface area contributed by atoms with Gasteiger partial charge in [0.25, 0.3) is 0 Å². The molecule has 98 valence electrons. The lowest BCUT2D eigenvalue weighted by Gasteiger charge is -2.05. The van der Waals surface area contributed by atoms with Gasteiger partial charge in [-0.05, 0) is 17.7 Å². The molecule has 0 aliphatic carbocycles. The van der Waals surface area contributed by atoms with Crippen LogP contribution in [0.4, 0.5) is 0 Å². The number of hydrogen-bond acceptors (Lipinski definition) is 3. The zero-order valence-corrected chi connectivity index (χ0v) is 10.9. The van der Waals surface area contributed by atoms with E-state index in [4.69, 9.17) is 5.73 Å². The predicted molar refractivity (Wildman–Crippen MR) is 79.5 cm³/mol. The normalized spacial score (nSPS) is 10.7. The van der Waals surface area contributed by atoms with E-state index >= 15 is 0 Å². The first kappa shape index (κ1) is 12.5. The second kappa shape index (κ2) is 5.23. The summed E-state index contributed by atoms with van der Waals surface area (Å²) in [5, 5.41) is 0.969. The van der Waals surface area contributed by atoms with Crippen LogP contribution in [-0.2, 0) is 6.54 Å². The fourth-order valence-corrected chi connectivity index (χ4v) is 2.24. The number of carbonyl (C=O) groups is 1. The average Bonchev–Trinajstić information content (AvgIpc) is 2.54. The lowest BCUT2D eigenvalue weighted by Crippen LogP contribution is -2.04. The summed E-state index contributed by atoms with van der Waals surface area (Å²) in [6, 6.07) is 16.9. The molecule has 0 saturated carbocycles. The van der Waals surface area contributed by atoms with Gasteiger partial charge in [-0.1, -0.05) is 42.5 Å². The van der Waals surface area contributed by atoms with Crippen molar-refractivity contribution in [3.05, 3.63) is 77.5 Å². The number of nitrogens with zero attached hydrogens (tertiary/aromatic N) is 1. The lowest BCUT2D eigenvalue weighted by molar-refractivity contribution is 0.104. The molecule has 0 amide bonds. The van der Waals surface area contributed by atoms with Crippen molar-refractivity contribution in [2.75, 3.05) is 0 Å². The summed E-state index contributed by atoms with van der Waals surface area (Å²) in [6.45, 7) is 0.476. The molecule has 2 N–H and O–H groups in total. The Morgan fingerprint density at radius 1 is 1.00 bits per heavy atom. The first-order valence-electron chi connectivity index (χ1n) is 6.47. The van der Waals surface area contributed by atoms with E-state index in [2.05, 4.69) is 4.98 Å². The Kier molecular flexibility index (Phi) is 3.27. The average molecular weight is 262 g/mol. The SMILES string of the molecule is NCc1ccc(C(=O)c2cccc3cccnc23)cc1. The van der Waals surface area contributed by atoms with E-state index in [-0.39, 0.29) is 5.78 Å². The Hall–Kier alpha value is -2.52. The van der Waals surface area contributed by atoms with Gasteiger partial charge >= 0.3 is 0 Å². The third kappa shape index (κ3) is 2.19. The number of rotatable bonds is 3. The van der Waals surface area contributed by atoms with E-state index in [1.165, 1.54) is 0 Å². The molecule has 20 heavy (non-hydrogen) atoms. The van der Waals surface area contributed by atoms with Crippen LogP contribution in [0.15, 0.2) is 60.8 Å². The predicted octanol–water partition coefficient (Wildman–Crippen LogP) is 2.92. The second-order valence-electron chi connectivity index (χ2n) is 4.61. The number of benzene rings is 2. The topological polar surface area (TPSA) is 56.0 Å². The molecule has 3 rings (SSSR count).